The highest BCUT2D eigenvalue weighted by molar-refractivity contribution is 4.78. The van der Waals surface area contributed by atoms with Crippen LogP contribution in [0.2, 0.25) is 0 Å². The Hall–Kier alpha value is -0.120. The van der Waals surface area contributed by atoms with E-state index in [1.807, 2.05) is 13.8 Å². The van der Waals surface area contributed by atoms with Crippen LogP contribution in [0.3, 0.4) is 0 Å². The first kappa shape index (κ1) is 13.9. The summed E-state index contributed by atoms with van der Waals surface area (Å²) < 4.78 is 11.5. The molecular formula is C13H27NO2. The van der Waals surface area contributed by atoms with E-state index in [1.54, 1.807) is 0 Å². The van der Waals surface area contributed by atoms with Gasteiger partial charge in [0.1, 0.15) is 0 Å². The van der Waals surface area contributed by atoms with E-state index in [4.69, 9.17) is 15.2 Å². The molecule has 0 aliphatic heterocycles. The van der Waals surface area contributed by atoms with Gasteiger partial charge >= 0.3 is 0 Å². The third-order valence-electron chi connectivity index (χ3n) is 3.45. The van der Waals surface area contributed by atoms with Gasteiger partial charge in [-0.05, 0) is 19.8 Å². The van der Waals surface area contributed by atoms with E-state index in [-0.39, 0.29) is 0 Å². The number of rotatable bonds is 7. The minimum absolute atomic E-state index is 0.463. The van der Waals surface area contributed by atoms with Crippen molar-refractivity contribution in [1.82, 2.24) is 0 Å². The third-order valence-corrected chi connectivity index (χ3v) is 3.45. The van der Waals surface area contributed by atoms with Crippen molar-refractivity contribution < 1.29 is 9.47 Å². The van der Waals surface area contributed by atoms with E-state index in [0.717, 1.165) is 12.3 Å². The summed E-state index contributed by atoms with van der Waals surface area (Å²) in [5.74, 6) is 0.210. The van der Waals surface area contributed by atoms with Gasteiger partial charge in [-0.15, -0.1) is 0 Å². The van der Waals surface area contributed by atoms with Gasteiger partial charge in [-0.25, -0.2) is 0 Å². The third kappa shape index (κ3) is 4.04. The molecule has 96 valence electrons. The van der Waals surface area contributed by atoms with Gasteiger partial charge in [0.05, 0.1) is 0 Å². The summed E-state index contributed by atoms with van der Waals surface area (Å²) >= 11 is 0. The second kappa shape index (κ2) is 7.25. The zero-order valence-electron chi connectivity index (χ0n) is 10.8. The van der Waals surface area contributed by atoms with Crippen molar-refractivity contribution in [3.63, 3.8) is 0 Å². The second-order valence-electron chi connectivity index (χ2n) is 4.69. The average Bonchev–Trinajstić information content (AvgIpc) is 2.31. The Bertz CT molecular complexity index is 173. The summed E-state index contributed by atoms with van der Waals surface area (Å²) in [7, 11) is 0. The van der Waals surface area contributed by atoms with Crippen LogP contribution in [-0.2, 0) is 9.47 Å². The summed E-state index contributed by atoms with van der Waals surface area (Å²) in [5.41, 5.74) is 5.85. The smallest absolute Gasteiger partial charge is 0.180 e. The SMILES string of the molecule is CCOC(CN)(CC1CCCCC1)OCC. The molecule has 1 aliphatic rings. The summed E-state index contributed by atoms with van der Waals surface area (Å²) in [6.45, 7) is 5.81. The Kier molecular flexibility index (Phi) is 6.32. The van der Waals surface area contributed by atoms with Crippen LogP contribution in [0, 0.1) is 5.92 Å². The summed E-state index contributed by atoms with van der Waals surface area (Å²) in [4.78, 5) is 0. The van der Waals surface area contributed by atoms with Crippen LogP contribution in [-0.4, -0.2) is 25.5 Å². The first-order chi connectivity index (χ1) is 7.76. The highest BCUT2D eigenvalue weighted by Crippen LogP contribution is 2.32. The van der Waals surface area contributed by atoms with Crippen LogP contribution < -0.4 is 5.73 Å². The first-order valence-electron chi connectivity index (χ1n) is 6.74. The van der Waals surface area contributed by atoms with E-state index in [1.165, 1.54) is 32.1 Å². The maximum Gasteiger partial charge on any atom is 0.180 e. The molecule has 0 aromatic carbocycles. The molecule has 3 nitrogen and oxygen atoms in total. The molecule has 0 aromatic rings. The molecule has 3 heteroatoms. The summed E-state index contributed by atoms with van der Waals surface area (Å²) in [6, 6.07) is 0. The van der Waals surface area contributed by atoms with Crippen molar-refractivity contribution in [2.45, 2.75) is 58.2 Å². The minimum Gasteiger partial charge on any atom is -0.349 e. The monoisotopic (exact) mass is 229 g/mol. The number of nitrogens with two attached hydrogens (primary N) is 1. The van der Waals surface area contributed by atoms with E-state index in [0.29, 0.717) is 19.8 Å². The average molecular weight is 229 g/mol. The van der Waals surface area contributed by atoms with Crippen molar-refractivity contribution in [2.24, 2.45) is 11.7 Å². The van der Waals surface area contributed by atoms with Gasteiger partial charge in [-0.2, -0.15) is 0 Å². The van der Waals surface area contributed by atoms with Crippen molar-refractivity contribution >= 4 is 0 Å². The Labute approximate surface area is 99.7 Å². The fourth-order valence-corrected chi connectivity index (χ4v) is 2.72. The van der Waals surface area contributed by atoms with Crippen LogP contribution >= 0.6 is 0 Å². The highest BCUT2D eigenvalue weighted by Gasteiger charge is 2.33. The molecule has 0 atom stereocenters. The van der Waals surface area contributed by atoms with Crippen molar-refractivity contribution in [2.75, 3.05) is 19.8 Å². The second-order valence-corrected chi connectivity index (χ2v) is 4.69. The summed E-state index contributed by atoms with van der Waals surface area (Å²) in [6.07, 6.45) is 7.66. The lowest BCUT2D eigenvalue weighted by Crippen LogP contribution is -2.45. The van der Waals surface area contributed by atoms with Crippen LogP contribution in [0.15, 0.2) is 0 Å². The topological polar surface area (TPSA) is 44.5 Å². The maximum atomic E-state index is 5.85. The molecule has 0 radical (unpaired) electrons. The molecule has 0 aromatic heterocycles. The van der Waals surface area contributed by atoms with Gasteiger partial charge in [-0.1, -0.05) is 32.1 Å². The highest BCUT2D eigenvalue weighted by atomic mass is 16.7. The molecule has 0 spiro atoms. The van der Waals surface area contributed by atoms with Gasteiger partial charge in [0.15, 0.2) is 5.79 Å². The lowest BCUT2D eigenvalue weighted by molar-refractivity contribution is -0.236. The predicted octanol–water partition coefficient (Wildman–Crippen LogP) is 2.68. The maximum absolute atomic E-state index is 5.85. The van der Waals surface area contributed by atoms with Crippen LogP contribution in [0.5, 0.6) is 0 Å². The molecule has 1 aliphatic carbocycles. The lowest BCUT2D eigenvalue weighted by atomic mass is 9.84. The van der Waals surface area contributed by atoms with E-state index >= 15 is 0 Å². The number of hydrogen-bond acceptors (Lipinski definition) is 3. The molecule has 0 saturated heterocycles. The van der Waals surface area contributed by atoms with Gasteiger partial charge < -0.3 is 15.2 Å². The predicted molar refractivity (Wildman–Crippen MR) is 66.2 cm³/mol. The Morgan fingerprint density at radius 3 is 2.06 bits per heavy atom. The fraction of sp³-hybridized carbons (Fsp3) is 1.00. The molecule has 16 heavy (non-hydrogen) atoms. The van der Waals surface area contributed by atoms with Gasteiger partial charge in [0.25, 0.3) is 0 Å². The van der Waals surface area contributed by atoms with Crippen LogP contribution in [0.25, 0.3) is 0 Å². The molecule has 2 N–H and O–H groups in total. The van der Waals surface area contributed by atoms with Crippen molar-refractivity contribution in [3.8, 4) is 0 Å². The van der Waals surface area contributed by atoms with Gasteiger partial charge in [-0.3, -0.25) is 0 Å². The lowest BCUT2D eigenvalue weighted by Gasteiger charge is -2.36. The van der Waals surface area contributed by atoms with Crippen LogP contribution in [0.1, 0.15) is 52.4 Å². The molecule has 0 amide bonds. The molecule has 1 saturated carbocycles. The van der Waals surface area contributed by atoms with Crippen LogP contribution in [0.4, 0.5) is 0 Å². The van der Waals surface area contributed by atoms with Gasteiger partial charge in [0, 0.05) is 26.2 Å². The van der Waals surface area contributed by atoms with Crippen molar-refractivity contribution in [3.05, 3.63) is 0 Å². The quantitative estimate of drug-likeness (QED) is 0.683. The molecule has 0 unspecified atom stereocenters. The molecule has 0 bridgehead atoms. The zero-order chi connectivity index (χ0) is 11.9. The minimum atomic E-state index is -0.522. The number of hydrogen-bond donors (Lipinski definition) is 1. The van der Waals surface area contributed by atoms with E-state index in [2.05, 4.69) is 0 Å². The van der Waals surface area contributed by atoms with Gasteiger partial charge in [0.2, 0.25) is 0 Å². The largest absolute Gasteiger partial charge is 0.349 e. The standard InChI is InChI=1S/C13H27NO2/c1-3-15-13(11-14,16-4-2)10-12-8-6-5-7-9-12/h12H,3-11,14H2,1-2H3. The molecular weight excluding hydrogens is 202 g/mol. The Morgan fingerprint density at radius 2 is 1.62 bits per heavy atom. The fourth-order valence-electron chi connectivity index (χ4n) is 2.72. The van der Waals surface area contributed by atoms with E-state index in [9.17, 15) is 0 Å². The summed E-state index contributed by atoms with van der Waals surface area (Å²) in [5, 5.41) is 0. The Morgan fingerprint density at radius 1 is 1.06 bits per heavy atom. The van der Waals surface area contributed by atoms with E-state index < -0.39 is 5.79 Å². The first-order valence-corrected chi connectivity index (χ1v) is 6.74. The zero-order valence-corrected chi connectivity index (χ0v) is 10.8. The number of ether oxygens (including phenoxy) is 2. The Balaban J connectivity index is 2.52. The van der Waals surface area contributed by atoms with Crippen molar-refractivity contribution in [1.29, 1.82) is 0 Å². The molecule has 0 heterocycles. The molecule has 1 rings (SSSR count). The normalized spacial score (nSPS) is 18.9. The molecule has 1 fully saturated rings.